The Kier molecular flexibility index (Phi) is 5.22. The van der Waals surface area contributed by atoms with Crippen LogP contribution in [0.5, 0.6) is 0 Å². The van der Waals surface area contributed by atoms with Gasteiger partial charge in [0.15, 0.2) is 0 Å². The maximum atomic E-state index is 12.5. The van der Waals surface area contributed by atoms with E-state index in [0.29, 0.717) is 11.1 Å². The molecule has 1 aliphatic rings. The first kappa shape index (κ1) is 19.6. The summed E-state index contributed by atoms with van der Waals surface area (Å²) in [6.45, 7) is 1.91. The molecule has 28 heavy (non-hydrogen) atoms. The van der Waals surface area contributed by atoms with Crippen LogP contribution in [0.3, 0.4) is 0 Å². The van der Waals surface area contributed by atoms with E-state index in [9.17, 15) is 27.6 Å². The highest BCUT2D eigenvalue weighted by Gasteiger charge is 2.35. The van der Waals surface area contributed by atoms with Crippen LogP contribution >= 0.6 is 0 Å². The summed E-state index contributed by atoms with van der Waals surface area (Å²) in [5.41, 5.74) is 1.03. The first-order chi connectivity index (χ1) is 13.2. The second-order valence-electron chi connectivity index (χ2n) is 6.54. The van der Waals surface area contributed by atoms with Crippen LogP contribution in [0.1, 0.15) is 44.7 Å². The molecule has 0 unspecified atom stereocenters. The van der Waals surface area contributed by atoms with Crippen molar-refractivity contribution in [1.29, 1.82) is 0 Å². The number of hydrogen-bond acceptors (Lipinski definition) is 3. The molecule has 2 aromatic carbocycles. The van der Waals surface area contributed by atoms with Crippen molar-refractivity contribution in [3.63, 3.8) is 0 Å². The van der Waals surface area contributed by atoms with E-state index in [1.807, 2.05) is 6.92 Å². The minimum absolute atomic E-state index is 0.0213. The molecule has 0 radical (unpaired) electrons. The molecule has 3 rings (SSSR count). The predicted molar refractivity (Wildman–Crippen MR) is 95.9 cm³/mol. The first-order valence-electron chi connectivity index (χ1n) is 8.61. The molecule has 0 aliphatic carbocycles. The van der Waals surface area contributed by atoms with Crippen molar-refractivity contribution in [1.82, 2.24) is 4.90 Å². The lowest BCUT2D eigenvalue weighted by Gasteiger charge is -2.13. The first-order valence-corrected chi connectivity index (χ1v) is 8.61. The average molecular weight is 390 g/mol. The standard InChI is InChI=1S/C20H17F3N2O3/c1-12-4-9-15-16(11-12)19(28)25(18(15)27)10-2-3-17(26)24-14-7-5-13(6-8-14)20(21,22)23/h4-9,11H,2-3,10H2,1H3,(H,24,26). The van der Waals surface area contributed by atoms with E-state index in [-0.39, 0.29) is 36.9 Å². The summed E-state index contributed by atoms with van der Waals surface area (Å²) in [6, 6.07) is 9.15. The van der Waals surface area contributed by atoms with Crippen LogP contribution in [0.4, 0.5) is 18.9 Å². The second-order valence-corrected chi connectivity index (χ2v) is 6.54. The van der Waals surface area contributed by atoms with Crippen LogP contribution < -0.4 is 5.32 Å². The molecular formula is C20H17F3N2O3. The Morgan fingerprint density at radius 3 is 2.29 bits per heavy atom. The highest BCUT2D eigenvalue weighted by Crippen LogP contribution is 2.30. The molecule has 2 aromatic rings. The Balaban J connectivity index is 1.52. The normalized spacial score (nSPS) is 13.6. The van der Waals surface area contributed by atoms with Crippen LogP contribution in [0.2, 0.25) is 0 Å². The van der Waals surface area contributed by atoms with Gasteiger partial charge in [-0.25, -0.2) is 0 Å². The summed E-state index contributed by atoms with van der Waals surface area (Å²) >= 11 is 0. The summed E-state index contributed by atoms with van der Waals surface area (Å²) in [5.74, 6) is -1.18. The molecular weight excluding hydrogens is 373 g/mol. The molecule has 1 aliphatic heterocycles. The smallest absolute Gasteiger partial charge is 0.326 e. The van der Waals surface area contributed by atoms with Gasteiger partial charge in [-0.1, -0.05) is 11.6 Å². The quantitative estimate of drug-likeness (QED) is 0.784. The third-order valence-corrected chi connectivity index (χ3v) is 4.41. The Bertz CT molecular complexity index is 937. The van der Waals surface area contributed by atoms with Crippen LogP contribution in [-0.4, -0.2) is 29.2 Å². The number of nitrogens with one attached hydrogen (secondary N) is 1. The van der Waals surface area contributed by atoms with Gasteiger partial charge < -0.3 is 5.32 Å². The van der Waals surface area contributed by atoms with E-state index < -0.39 is 17.6 Å². The number of rotatable bonds is 5. The van der Waals surface area contributed by atoms with Crippen LogP contribution in [0.15, 0.2) is 42.5 Å². The number of fused-ring (bicyclic) bond motifs is 1. The van der Waals surface area contributed by atoms with Gasteiger partial charge in [0.1, 0.15) is 0 Å². The van der Waals surface area contributed by atoms with Crippen molar-refractivity contribution in [2.24, 2.45) is 0 Å². The zero-order valence-electron chi connectivity index (χ0n) is 15.0. The summed E-state index contributed by atoms with van der Waals surface area (Å²) < 4.78 is 37.6. The highest BCUT2D eigenvalue weighted by atomic mass is 19.4. The molecule has 0 atom stereocenters. The van der Waals surface area contributed by atoms with Crippen LogP contribution in [-0.2, 0) is 11.0 Å². The molecule has 1 heterocycles. The number of anilines is 1. The summed E-state index contributed by atoms with van der Waals surface area (Å²) in [7, 11) is 0. The van der Waals surface area contributed by atoms with Gasteiger partial charge in [-0.2, -0.15) is 13.2 Å². The van der Waals surface area contributed by atoms with E-state index in [4.69, 9.17) is 0 Å². The Morgan fingerprint density at radius 1 is 1.00 bits per heavy atom. The molecule has 0 saturated carbocycles. The number of nitrogens with zero attached hydrogens (tertiary/aromatic N) is 1. The van der Waals surface area contributed by atoms with Crippen LogP contribution in [0.25, 0.3) is 0 Å². The van der Waals surface area contributed by atoms with Crippen molar-refractivity contribution in [2.75, 3.05) is 11.9 Å². The number of alkyl halides is 3. The summed E-state index contributed by atoms with van der Waals surface area (Å²) in [6.07, 6.45) is -4.17. The molecule has 3 amide bonds. The third kappa shape index (κ3) is 4.05. The summed E-state index contributed by atoms with van der Waals surface area (Å²) in [5, 5.41) is 2.50. The Hall–Kier alpha value is -3.16. The molecule has 1 N–H and O–H groups in total. The number of imide groups is 1. The van der Waals surface area contributed by atoms with E-state index >= 15 is 0 Å². The van der Waals surface area contributed by atoms with Gasteiger partial charge in [-0.3, -0.25) is 19.3 Å². The Morgan fingerprint density at radius 2 is 1.64 bits per heavy atom. The molecule has 146 valence electrons. The number of halogens is 3. The van der Waals surface area contributed by atoms with E-state index in [2.05, 4.69) is 5.32 Å². The van der Waals surface area contributed by atoms with Crippen molar-refractivity contribution >= 4 is 23.4 Å². The lowest BCUT2D eigenvalue weighted by molar-refractivity contribution is -0.137. The fourth-order valence-electron chi connectivity index (χ4n) is 2.97. The zero-order valence-corrected chi connectivity index (χ0v) is 15.0. The Labute approximate surface area is 159 Å². The van der Waals surface area contributed by atoms with E-state index in [0.717, 1.165) is 22.6 Å². The molecule has 8 heteroatoms. The van der Waals surface area contributed by atoms with Crippen molar-refractivity contribution in [3.8, 4) is 0 Å². The minimum Gasteiger partial charge on any atom is -0.326 e. The average Bonchev–Trinajstić information content (AvgIpc) is 2.85. The van der Waals surface area contributed by atoms with Gasteiger partial charge in [0.25, 0.3) is 11.8 Å². The van der Waals surface area contributed by atoms with Gasteiger partial charge in [0.2, 0.25) is 5.91 Å². The highest BCUT2D eigenvalue weighted by molar-refractivity contribution is 6.21. The lowest BCUT2D eigenvalue weighted by Crippen LogP contribution is -2.31. The second kappa shape index (κ2) is 7.46. The van der Waals surface area contributed by atoms with Gasteiger partial charge in [0.05, 0.1) is 16.7 Å². The lowest BCUT2D eigenvalue weighted by atomic mass is 10.1. The number of carbonyl (C=O) groups is 3. The van der Waals surface area contributed by atoms with Crippen molar-refractivity contribution in [2.45, 2.75) is 25.9 Å². The fourth-order valence-corrected chi connectivity index (χ4v) is 2.97. The van der Waals surface area contributed by atoms with Crippen molar-refractivity contribution in [3.05, 3.63) is 64.7 Å². The molecule has 0 fully saturated rings. The molecule has 5 nitrogen and oxygen atoms in total. The zero-order chi connectivity index (χ0) is 20.5. The maximum Gasteiger partial charge on any atom is 0.416 e. The largest absolute Gasteiger partial charge is 0.416 e. The monoisotopic (exact) mass is 390 g/mol. The summed E-state index contributed by atoms with van der Waals surface area (Å²) in [4.78, 5) is 37.7. The van der Waals surface area contributed by atoms with E-state index in [1.54, 1.807) is 18.2 Å². The van der Waals surface area contributed by atoms with Gasteiger partial charge in [-0.05, 0) is 49.7 Å². The van der Waals surface area contributed by atoms with Gasteiger partial charge >= 0.3 is 6.18 Å². The number of hydrogen-bond donors (Lipinski definition) is 1. The fraction of sp³-hybridized carbons (Fsp3) is 0.250. The minimum atomic E-state index is -4.44. The number of benzene rings is 2. The van der Waals surface area contributed by atoms with Crippen LogP contribution in [0, 0.1) is 6.92 Å². The molecule has 0 bridgehead atoms. The maximum absolute atomic E-state index is 12.5. The SMILES string of the molecule is Cc1ccc2c(c1)C(=O)N(CCCC(=O)Nc1ccc(C(F)(F)F)cc1)C2=O. The van der Waals surface area contributed by atoms with Crippen molar-refractivity contribution < 1.29 is 27.6 Å². The molecule has 0 saturated heterocycles. The number of aryl methyl sites for hydroxylation is 1. The number of carbonyl (C=O) groups excluding carboxylic acids is 3. The van der Waals surface area contributed by atoms with Gasteiger partial charge in [0, 0.05) is 18.7 Å². The molecule has 0 aromatic heterocycles. The van der Waals surface area contributed by atoms with E-state index in [1.165, 1.54) is 12.1 Å². The third-order valence-electron chi connectivity index (χ3n) is 4.41. The topological polar surface area (TPSA) is 66.5 Å². The predicted octanol–water partition coefficient (Wildman–Crippen LogP) is 4.03. The number of amides is 3. The molecule has 0 spiro atoms. The van der Waals surface area contributed by atoms with Gasteiger partial charge in [-0.15, -0.1) is 0 Å².